The average molecular weight is 486 g/mol. The highest BCUT2D eigenvalue weighted by atomic mass is 32.2. The molecule has 1 aliphatic heterocycles. The lowest BCUT2D eigenvalue weighted by Gasteiger charge is -2.16. The first kappa shape index (κ1) is 22.5. The summed E-state index contributed by atoms with van der Waals surface area (Å²) in [6.45, 7) is 0.155. The van der Waals surface area contributed by atoms with Gasteiger partial charge in [-0.05, 0) is 42.5 Å². The molecule has 0 aliphatic carbocycles. The van der Waals surface area contributed by atoms with Crippen LogP contribution in [0.25, 0.3) is 16.6 Å². The minimum absolute atomic E-state index is 0.155. The van der Waals surface area contributed by atoms with E-state index in [1.54, 1.807) is 42.5 Å². The minimum atomic E-state index is -0.527. The Morgan fingerprint density at radius 1 is 0.914 bits per heavy atom. The van der Waals surface area contributed by atoms with Crippen LogP contribution in [-0.2, 0) is 4.74 Å². The van der Waals surface area contributed by atoms with Crippen molar-refractivity contribution in [3.63, 3.8) is 0 Å². The Morgan fingerprint density at radius 2 is 1.57 bits per heavy atom. The van der Waals surface area contributed by atoms with Crippen molar-refractivity contribution in [1.82, 2.24) is 14.5 Å². The molecule has 0 radical (unpaired) electrons. The number of imide groups is 1. The van der Waals surface area contributed by atoms with Gasteiger partial charge in [-0.15, -0.1) is 0 Å². The fraction of sp³-hybridized carbons (Fsp3) is 0.115. The lowest BCUT2D eigenvalue weighted by molar-refractivity contribution is 0.0599. The van der Waals surface area contributed by atoms with Gasteiger partial charge < -0.3 is 4.74 Å². The van der Waals surface area contributed by atoms with Gasteiger partial charge in [0.15, 0.2) is 5.16 Å². The third-order valence-electron chi connectivity index (χ3n) is 5.70. The van der Waals surface area contributed by atoms with E-state index in [4.69, 9.17) is 4.74 Å². The molecule has 35 heavy (non-hydrogen) atoms. The summed E-state index contributed by atoms with van der Waals surface area (Å²) in [5.74, 6) is -0.866. The van der Waals surface area contributed by atoms with Crippen molar-refractivity contribution < 1.29 is 19.1 Å². The summed E-state index contributed by atoms with van der Waals surface area (Å²) in [6, 6.07) is 20.4. The topological polar surface area (TPSA) is 98.6 Å². The third-order valence-corrected chi connectivity index (χ3v) is 6.62. The number of rotatable bonds is 6. The standard InChI is InChI=1S/C26H19N3O5S/c1-34-25(33)16-11-12-20-21(15-16)27-26(29(24(20)32)17-7-3-2-4-8-17)35-14-13-28-22(30)18-9-5-6-10-19(18)23(28)31/h2-12,15H,13-14H2,1H3. The average Bonchev–Trinajstić information content (AvgIpc) is 3.13. The molecule has 4 aromatic rings. The van der Waals surface area contributed by atoms with Gasteiger partial charge in [0.25, 0.3) is 17.4 Å². The zero-order valence-electron chi connectivity index (χ0n) is 18.6. The van der Waals surface area contributed by atoms with Gasteiger partial charge in [-0.1, -0.05) is 42.1 Å². The van der Waals surface area contributed by atoms with E-state index in [1.165, 1.54) is 40.5 Å². The van der Waals surface area contributed by atoms with Crippen molar-refractivity contribution in [2.45, 2.75) is 5.16 Å². The van der Waals surface area contributed by atoms with Gasteiger partial charge in [0.05, 0.1) is 40.4 Å². The van der Waals surface area contributed by atoms with E-state index in [0.29, 0.717) is 38.6 Å². The number of carbonyl (C=O) groups is 3. The number of aromatic nitrogens is 2. The fourth-order valence-electron chi connectivity index (χ4n) is 3.98. The molecule has 3 aromatic carbocycles. The zero-order chi connectivity index (χ0) is 24.5. The molecular formula is C26H19N3O5S. The molecule has 0 fully saturated rings. The van der Waals surface area contributed by atoms with Crippen molar-refractivity contribution in [1.29, 1.82) is 0 Å². The molecule has 0 saturated carbocycles. The van der Waals surface area contributed by atoms with Gasteiger partial charge in [0.2, 0.25) is 0 Å². The second-order valence-corrected chi connectivity index (χ2v) is 8.81. The van der Waals surface area contributed by atoms with Gasteiger partial charge in [-0.2, -0.15) is 0 Å². The van der Waals surface area contributed by atoms with Crippen LogP contribution in [0.4, 0.5) is 0 Å². The second kappa shape index (κ2) is 9.19. The lowest BCUT2D eigenvalue weighted by atomic mass is 10.1. The second-order valence-electron chi connectivity index (χ2n) is 7.75. The van der Waals surface area contributed by atoms with Gasteiger partial charge >= 0.3 is 5.97 Å². The van der Waals surface area contributed by atoms with Crippen LogP contribution in [0, 0.1) is 0 Å². The molecule has 9 heteroatoms. The number of hydrogen-bond acceptors (Lipinski definition) is 7. The summed E-state index contributed by atoms with van der Waals surface area (Å²) in [6.07, 6.45) is 0. The summed E-state index contributed by atoms with van der Waals surface area (Å²) >= 11 is 1.25. The molecule has 5 rings (SSSR count). The summed E-state index contributed by atoms with van der Waals surface area (Å²) in [5.41, 5.74) is 1.76. The molecule has 1 aliphatic rings. The van der Waals surface area contributed by atoms with E-state index in [1.807, 2.05) is 18.2 Å². The maximum Gasteiger partial charge on any atom is 0.337 e. The van der Waals surface area contributed by atoms with E-state index in [9.17, 15) is 19.2 Å². The van der Waals surface area contributed by atoms with Crippen molar-refractivity contribution in [3.05, 3.63) is 99.8 Å². The van der Waals surface area contributed by atoms with Crippen LogP contribution in [0.15, 0.2) is 82.7 Å². The number of nitrogens with zero attached hydrogens (tertiary/aromatic N) is 3. The van der Waals surface area contributed by atoms with Gasteiger partial charge in [-0.3, -0.25) is 23.9 Å². The number of fused-ring (bicyclic) bond motifs is 2. The van der Waals surface area contributed by atoms with E-state index >= 15 is 0 Å². The van der Waals surface area contributed by atoms with Gasteiger partial charge in [-0.25, -0.2) is 9.78 Å². The van der Waals surface area contributed by atoms with Crippen LogP contribution >= 0.6 is 11.8 Å². The lowest BCUT2D eigenvalue weighted by Crippen LogP contribution is -2.32. The van der Waals surface area contributed by atoms with Crippen LogP contribution < -0.4 is 5.56 Å². The summed E-state index contributed by atoms with van der Waals surface area (Å²) < 4.78 is 6.28. The molecule has 0 saturated heterocycles. The summed E-state index contributed by atoms with van der Waals surface area (Å²) in [5, 5.41) is 0.735. The number of ether oxygens (including phenoxy) is 1. The highest BCUT2D eigenvalue weighted by Gasteiger charge is 2.34. The number of amides is 2. The normalized spacial score (nSPS) is 12.8. The number of carbonyl (C=O) groups excluding carboxylic acids is 3. The molecule has 2 heterocycles. The largest absolute Gasteiger partial charge is 0.465 e. The Balaban J connectivity index is 1.49. The predicted octanol–water partition coefficient (Wildman–Crippen LogP) is 3.56. The van der Waals surface area contributed by atoms with Crippen LogP contribution in [0.5, 0.6) is 0 Å². The molecule has 174 valence electrons. The zero-order valence-corrected chi connectivity index (χ0v) is 19.5. The molecule has 8 nitrogen and oxygen atoms in total. The quantitative estimate of drug-likeness (QED) is 0.178. The Morgan fingerprint density at radius 3 is 2.23 bits per heavy atom. The van der Waals surface area contributed by atoms with Crippen LogP contribution in [0.3, 0.4) is 0 Å². The number of benzene rings is 3. The number of esters is 1. The monoisotopic (exact) mass is 485 g/mol. The molecule has 0 unspecified atom stereocenters. The van der Waals surface area contributed by atoms with Crippen molar-refractivity contribution >= 4 is 40.4 Å². The van der Waals surface area contributed by atoms with Gasteiger partial charge in [0, 0.05) is 12.3 Å². The van der Waals surface area contributed by atoms with Crippen molar-refractivity contribution in [2.75, 3.05) is 19.4 Å². The molecule has 2 amide bonds. The van der Waals surface area contributed by atoms with E-state index in [0.717, 1.165) is 0 Å². The van der Waals surface area contributed by atoms with Crippen molar-refractivity contribution in [3.8, 4) is 5.69 Å². The first-order valence-corrected chi connectivity index (χ1v) is 11.8. The fourth-order valence-corrected chi connectivity index (χ4v) is 4.92. The Labute approximate surface area is 204 Å². The maximum absolute atomic E-state index is 13.4. The Bertz CT molecular complexity index is 1510. The third kappa shape index (κ3) is 4.00. The Hall–Kier alpha value is -4.24. The first-order valence-electron chi connectivity index (χ1n) is 10.8. The number of hydrogen-bond donors (Lipinski definition) is 0. The molecule has 0 bridgehead atoms. The molecule has 1 aromatic heterocycles. The number of thioether (sulfide) groups is 1. The van der Waals surface area contributed by atoms with E-state index < -0.39 is 5.97 Å². The number of methoxy groups -OCH3 is 1. The molecule has 0 N–H and O–H groups in total. The van der Waals surface area contributed by atoms with E-state index in [-0.39, 0.29) is 29.5 Å². The highest BCUT2D eigenvalue weighted by molar-refractivity contribution is 7.99. The first-order chi connectivity index (χ1) is 17.0. The van der Waals surface area contributed by atoms with Crippen molar-refractivity contribution in [2.24, 2.45) is 0 Å². The predicted molar refractivity (Wildman–Crippen MR) is 131 cm³/mol. The summed E-state index contributed by atoms with van der Waals surface area (Å²) in [4.78, 5) is 56.7. The van der Waals surface area contributed by atoms with Gasteiger partial charge in [0.1, 0.15) is 0 Å². The Kier molecular flexibility index (Phi) is 5.92. The van der Waals surface area contributed by atoms with Crippen LogP contribution in [0.1, 0.15) is 31.1 Å². The van der Waals surface area contributed by atoms with Crippen LogP contribution in [0.2, 0.25) is 0 Å². The smallest absolute Gasteiger partial charge is 0.337 e. The number of para-hydroxylation sites is 1. The SMILES string of the molecule is COC(=O)c1ccc2c(=O)n(-c3ccccc3)c(SCCN3C(=O)c4ccccc4C3=O)nc2c1. The molecular weight excluding hydrogens is 466 g/mol. The molecule has 0 atom stereocenters. The highest BCUT2D eigenvalue weighted by Crippen LogP contribution is 2.25. The van der Waals surface area contributed by atoms with Crippen LogP contribution in [-0.4, -0.2) is 51.6 Å². The minimum Gasteiger partial charge on any atom is -0.465 e. The maximum atomic E-state index is 13.4. The van der Waals surface area contributed by atoms with E-state index in [2.05, 4.69) is 4.98 Å². The summed E-state index contributed by atoms with van der Waals surface area (Å²) in [7, 11) is 1.29. The molecule has 0 spiro atoms.